The van der Waals surface area contributed by atoms with Crippen LogP contribution in [-0.4, -0.2) is 30.2 Å². The number of fused-ring (bicyclic) bond motifs is 1. The van der Waals surface area contributed by atoms with Gasteiger partial charge in [-0.05, 0) is 44.3 Å². The van der Waals surface area contributed by atoms with Gasteiger partial charge in [0.25, 0.3) is 0 Å². The minimum atomic E-state index is -0.659. The molecule has 1 aromatic carbocycles. The SMILES string of the molecule is CC(C)Nc1cc2c(nc1N1CCC(Oc3ccc(F)cc3F)CC1)CNC=C2. The van der Waals surface area contributed by atoms with Crippen molar-refractivity contribution in [3.63, 3.8) is 0 Å². The maximum atomic E-state index is 13.9. The molecule has 2 aliphatic heterocycles. The summed E-state index contributed by atoms with van der Waals surface area (Å²) in [7, 11) is 0. The number of pyridine rings is 1. The highest BCUT2D eigenvalue weighted by atomic mass is 19.1. The molecular weight excluding hydrogens is 374 g/mol. The van der Waals surface area contributed by atoms with E-state index in [9.17, 15) is 8.78 Å². The molecule has 0 atom stereocenters. The molecule has 5 nitrogen and oxygen atoms in total. The van der Waals surface area contributed by atoms with Crippen molar-refractivity contribution in [1.82, 2.24) is 10.3 Å². The van der Waals surface area contributed by atoms with Crippen LogP contribution < -0.4 is 20.3 Å². The molecule has 7 heteroatoms. The van der Waals surface area contributed by atoms with Crippen molar-refractivity contribution in [1.29, 1.82) is 0 Å². The highest BCUT2D eigenvalue weighted by Gasteiger charge is 2.25. The highest BCUT2D eigenvalue weighted by molar-refractivity contribution is 5.72. The van der Waals surface area contributed by atoms with Gasteiger partial charge in [-0.3, -0.25) is 0 Å². The summed E-state index contributed by atoms with van der Waals surface area (Å²) in [4.78, 5) is 7.18. The monoisotopic (exact) mass is 400 g/mol. The predicted octanol–water partition coefficient (Wildman–Crippen LogP) is 4.30. The summed E-state index contributed by atoms with van der Waals surface area (Å²) < 4.78 is 32.8. The van der Waals surface area contributed by atoms with E-state index in [0.29, 0.717) is 12.6 Å². The minimum absolute atomic E-state index is 0.102. The molecule has 1 saturated heterocycles. The first kappa shape index (κ1) is 19.5. The topological polar surface area (TPSA) is 49.4 Å². The smallest absolute Gasteiger partial charge is 0.167 e. The molecule has 2 aliphatic rings. The second-order valence-corrected chi connectivity index (χ2v) is 7.79. The van der Waals surface area contributed by atoms with Crippen LogP contribution in [0.15, 0.2) is 30.5 Å². The largest absolute Gasteiger partial charge is 0.487 e. The zero-order valence-electron chi connectivity index (χ0n) is 16.7. The molecule has 0 spiro atoms. The lowest BCUT2D eigenvalue weighted by Gasteiger charge is -2.35. The van der Waals surface area contributed by atoms with Crippen LogP contribution in [-0.2, 0) is 6.54 Å². The number of ether oxygens (including phenoxy) is 1. The van der Waals surface area contributed by atoms with Crippen LogP contribution in [0.4, 0.5) is 20.3 Å². The molecule has 2 aromatic rings. The van der Waals surface area contributed by atoms with Crippen molar-refractivity contribution in [3.8, 4) is 5.75 Å². The third-order valence-electron chi connectivity index (χ3n) is 5.14. The van der Waals surface area contributed by atoms with E-state index < -0.39 is 11.6 Å². The molecule has 1 aromatic heterocycles. The molecule has 0 amide bonds. The Morgan fingerprint density at radius 1 is 1.21 bits per heavy atom. The molecule has 1 fully saturated rings. The van der Waals surface area contributed by atoms with E-state index in [-0.39, 0.29) is 11.9 Å². The Morgan fingerprint density at radius 3 is 2.72 bits per heavy atom. The molecule has 29 heavy (non-hydrogen) atoms. The molecule has 4 rings (SSSR count). The lowest BCUT2D eigenvalue weighted by Crippen LogP contribution is -2.39. The average molecular weight is 400 g/mol. The number of piperidine rings is 1. The summed E-state index contributed by atoms with van der Waals surface area (Å²) >= 11 is 0. The number of nitrogens with zero attached hydrogens (tertiary/aromatic N) is 2. The second-order valence-electron chi connectivity index (χ2n) is 7.79. The summed E-state index contributed by atoms with van der Waals surface area (Å²) in [5, 5.41) is 6.72. The average Bonchev–Trinajstić information content (AvgIpc) is 2.70. The summed E-state index contributed by atoms with van der Waals surface area (Å²) in [6.45, 7) is 6.45. The standard InChI is InChI=1S/C22H26F2N4O/c1-14(2)26-19-11-15-5-8-25-13-20(15)27-22(19)28-9-6-17(7-10-28)29-21-4-3-16(23)12-18(21)24/h3-5,8,11-12,14,17,25-26H,6-7,9-10,13H2,1-2H3. The van der Waals surface area contributed by atoms with Crippen molar-refractivity contribution < 1.29 is 13.5 Å². The van der Waals surface area contributed by atoms with Gasteiger partial charge >= 0.3 is 0 Å². The van der Waals surface area contributed by atoms with Crippen LogP contribution in [0.2, 0.25) is 0 Å². The van der Waals surface area contributed by atoms with Gasteiger partial charge in [0.1, 0.15) is 11.9 Å². The van der Waals surface area contributed by atoms with Gasteiger partial charge in [0.05, 0.1) is 17.9 Å². The third-order valence-corrected chi connectivity index (χ3v) is 5.14. The number of rotatable bonds is 5. The molecule has 2 N–H and O–H groups in total. The molecule has 0 saturated carbocycles. The number of anilines is 2. The zero-order chi connectivity index (χ0) is 20.4. The molecule has 0 bridgehead atoms. The Bertz CT molecular complexity index is 908. The molecule has 0 aliphatic carbocycles. The zero-order valence-corrected chi connectivity index (χ0v) is 16.7. The number of halogens is 2. The van der Waals surface area contributed by atoms with E-state index in [2.05, 4.69) is 35.4 Å². The van der Waals surface area contributed by atoms with Crippen LogP contribution in [0, 0.1) is 11.6 Å². The summed E-state index contributed by atoms with van der Waals surface area (Å²) in [6, 6.07) is 5.88. The Morgan fingerprint density at radius 2 is 2.00 bits per heavy atom. The fourth-order valence-electron chi connectivity index (χ4n) is 3.74. The Kier molecular flexibility index (Phi) is 5.56. The van der Waals surface area contributed by atoms with Crippen molar-refractivity contribution >= 4 is 17.6 Å². The maximum absolute atomic E-state index is 13.9. The number of benzene rings is 1. The van der Waals surface area contributed by atoms with Gasteiger partial charge in [0.2, 0.25) is 0 Å². The van der Waals surface area contributed by atoms with Crippen LogP contribution >= 0.6 is 0 Å². The van der Waals surface area contributed by atoms with Gasteiger partial charge in [-0.15, -0.1) is 0 Å². The second kappa shape index (κ2) is 8.27. The van der Waals surface area contributed by atoms with Crippen molar-refractivity contribution in [2.24, 2.45) is 0 Å². The summed E-state index contributed by atoms with van der Waals surface area (Å²) in [5.74, 6) is -0.205. The fourth-order valence-corrected chi connectivity index (χ4v) is 3.74. The van der Waals surface area contributed by atoms with Crippen molar-refractivity contribution in [3.05, 3.63) is 53.4 Å². The van der Waals surface area contributed by atoms with Crippen molar-refractivity contribution in [2.75, 3.05) is 23.3 Å². The number of hydrogen-bond acceptors (Lipinski definition) is 5. The number of aromatic nitrogens is 1. The van der Waals surface area contributed by atoms with Gasteiger partial charge in [-0.2, -0.15) is 0 Å². The lowest BCUT2D eigenvalue weighted by molar-refractivity contribution is 0.163. The van der Waals surface area contributed by atoms with E-state index in [1.54, 1.807) is 0 Å². The van der Waals surface area contributed by atoms with Crippen LogP contribution in [0.5, 0.6) is 5.75 Å². The van der Waals surface area contributed by atoms with Gasteiger partial charge in [0, 0.05) is 43.6 Å². The molecule has 154 valence electrons. The first-order valence-corrected chi connectivity index (χ1v) is 10.1. The first-order chi connectivity index (χ1) is 14.0. The minimum Gasteiger partial charge on any atom is -0.487 e. The quantitative estimate of drug-likeness (QED) is 0.784. The van der Waals surface area contributed by atoms with Crippen molar-refractivity contribution in [2.45, 2.75) is 45.4 Å². The third kappa shape index (κ3) is 4.44. The fraction of sp³-hybridized carbons (Fsp3) is 0.409. The van der Waals surface area contributed by atoms with Gasteiger partial charge in [0.15, 0.2) is 17.4 Å². The maximum Gasteiger partial charge on any atom is 0.167 e. The highest BCUT2D eigenvalue weighted by Crippen LogP contribution is 2.32. The molecular formula is C22H26F2N4O. The Balaban J connectivity index is 1.48. The van der Waals surface area contributed by atoms with E-state index in [1.165, 1.54) is 12.1 Å². The summed E-state index contributed by atoms with van der Waals surface area (Å²) in [5.41, 5.74) is 3.18. The predicted molar refractivity (Wildman–Crippen MR) is 111 cm³/mol. The lowest BCUT2D eigenvalue weighted by atomic mass is 10.1. The first-order valence-electron chi connectivity index (χ1n) is 10.1. The van der Waals surface area contributed by atoms with Gasteiger partial charge in [-0.1, -0.05) is 0 Å². The molecule has 0 radical (unpaired) electrons. The van der Waals surface area contributed by atoms with E-state index in [4.69, 9.17) is 9.72 Å². The normalized spacial score (nSPS) is 16.5. The van der Waals surface area contributed by atoms with Gasteiger partial charge < -0.3 is 20.3 Å². The molecule has 3 heterocycles. The van der Waals surface area contributed by atoms with Gasteiger partial charge in [-0.25, -0.2) is 13.8 Å². The number of hydrogen-bond donors (Lipinski definition) is 2. The Labute approximate surface area is 169 Å². The van der Waals surface area contributed by atoms with E-state index in [1.807, 2.05) is 12.3 Å². The summed E-state index contributed by atoms with van der Waals surface area (Å²) in [6.07, 6.45) is 5.37. The molecule has 0 unspecified atom stereocenters. The van der Waals surface area contributed by atoms with Crippen LogP contribution in [0.3, 0.4) is 0 Å². The van der Waals surface area contributed by atoms with E-state index >= 15 is 0 Å². The van der Waals surface area contributed by atoms with E-state index in [0.717, 1.165) is 54.8 Å². The van der Waals surface area contributed by atoms with Crippen LogP contribution in [0.25, 0.3) is 6.08 Å². The Hall–Kier alpha value is -2.83. The number of nitrogens with one attached hydrogen (secondary N) is 2. The van der Waals surface area contributed by atoms with Crippen LogP contribution in [0.1, 0.15) is 37.9 Å².